The van der Waals surface area contributed by atoms with Gasteiger partial charge in [0.1, 0.15) is 0 Å². The van der Waals surface area contributed by atoms with Crippen LogP contribution in [0.2, 0.25) is 0 Å². The van der Waals surface area contributed by atoms with Gasteiger partial charge in [-0.2, -0.15) is 0 Å². The SMILES string of the molecule is Cc1cccc(CNC(c2ccccc2)C(C)C)n1. The fourth-order valence-electron chi connectivity index (χ4n) is 2.31. The van der Waals surface area contributed by atoms with Gasteiger partial charge in [0.2, 0.25) is 0 Å². The Morgan fingerprint density at radius 3 is 2.37 bits per heavy atom. The fraction of sp³-hybridized carbons (Fsp3) is 0.353. The molecule has 1 aromatic carbocycles. The van der Waals surface area contributed by atoms with Crippen LogP contribution in [0.3, 0.4) is 0 Å². The van der Waals surface area contributed by atoms with Crippen LogP contribution in [0.15, 0.2) is 48.5 Å². The molecule has 2 aromatic rings. The first kappa shape index (κ1) is 13.8. The highest BCUT2D eigenvalue weighted by atomic mass is 14.9. The Bertz CT molecular complexity index is 506. The molecule has 0 radical (unpaired) electrons. The lowest BCUT2D eigenvalue weighted by atomic mass is 9.96. The quantitative estimate of drug-likeness (QED) is 0.876. The van der Waals surface area contributed by atoms with Crippen molar-refractivity contribution in [3.63, 3.8) is 0 Å². The van der Waals surface area contributed by atoms with Gasteiger partial charge in [0.25, 0.3) is 0 Å². The van der Waals surface area contributed by atoms with E-state index in [1.165, 1.54) is 5.56 Å². The van der Waals surface area contributed by atoms with Crippen molar-refractivity contribution in [2.24, 2.45) is 5.92 Å². The van der Waals surface area contributed by atoms with Gasteiger partial charge in [-0.05, 0) is 30.5 Å². The Kier molecular flexibility index (Phi) is 4.69. The summed E-state index contributed by atoms with van der Waals surface area (Å²) in [7, 11) is 0. The lowest BCUT2D eigenvalue weighted by molar-refractivity contribution is 0.408. The highest BCUT2D eigenvalue weighted by Gasteiger charge is 2.14. The number of benzene rings is 1. The zero-order valence-corrected chi connectivity index (χ0v) is 11.9. The second-order valence-corrected chi connectivity index (χ2v) is 5.28. The average molecular weight is 254 g/mol. The molecule has 0 aliphatic rings. The number of hydrogen-bond donors (Lipinski definition) is 1. The third kappa shape index (κ3) is 3.90. The number of pyridine rings is 1. The summed E-state index contributed by atoms with van der Waals surface area (Å²) < 4.78 is 0. The van der Waals surface area contributed by atoms with E-state index in [9.17, 15) is 0 Å². The smallest absolute Gasteiger partial charge is 0.0545 e. The van der Waals surface area contributed by atoms with Gasteiger partial charge in [-0.1, -0.05) is 50.2 Å². The molecule has 19 heavy (non-hydrogen) atoms. The second kappa shape index (κ2) is 6.48. The molecule has 100 valence electrons. The molecule has 0 fully saturated rings. The number of rotatable bonds is 5. The molecule has 1 unspecified atom stereocenters. The molecule has 0 bridgehead atoms. The first-order chi connectivity index (χ1) is 9.16. The standard InChI is InChI=1S/C17H22N2/c1-13(2)17(15-9-5-4-6-10-15)18-12-16-11-7-8-14(3)19-16/h4-11,13,17-18H,12H2,1-3H3. The van der Waals surface area contributed by atoms with E-state index in [2.05, 4.69) is 66.6 Å². The molecule has 2 rings (SSSR count). The van der Waals surface area contributed by atoms with Crippen LogP contribution in [-0.2, 0) is 6.54 Å². The first-order valence-electron chi connectivity index (χ1n) is 6.87. The van der Waals surface area contributed by atoms with Crippen LogP contribution in [-0.4, -0.2) is 4.98 Å². The molecular weight excluding hydrogens is 232 g/mol. The lowest BCUT2D eigenvalue weighted by Crippen LogP contribution is -2.25. The van der Waals surface area contributed by atoms with Crippen molar-refractivity contribution in [1.82, 2.24) is 10.3 Å². The van der Waals surface area contributed by atoms with Crippen molar-refractivity contribution in [3.05, 3.63) is 65.5 Å². The zero-order valence-electron chi connectivity index (χ0n) is 11.9. The Hall–Kier alpha value is -1.67. The molecule has 0 amide bonds. The highest BCUT2D eigenvalue weighted by Crippen LogP contribution is 2.21. The van der Waals surface area contributed by atoms with Gasteiger partial charge in [0, 0.05) is 18.3 Å². The monoisotopic (exact) mass is 254 g/mol. The maximum absolute atomic E-state index is 4.54. The Morgan fingerprint density at radius 1 is 1.00 bits per heavy atom. The van der Waals surface area contributed by atoms with E-state index in [0.717, 1.165) is 17.9 Å². The number of hydrogen-bond acceptors (Lipinski definition) is 2. The van der Waals surface area contributed by atoms with Crippen LogP contribution in [0.5, 0.6) is 0 Å². The van der Waals surface area contributed by atoms with Gasteiger partial charge in [0.05, 0.1) is 5.69 Å². The second-order valence-electron chi connectivity index (χ2n) is 5.28. The van der Waals surface area contributed by atoms with E-state index in [1.807, 2.05) is 13.0 Å². The molecule has 0 aliphatic carbocycles. The summed E-state index contributed by atoms with van der Waals surface area (Å²) in [5, 5.41) is 3.62. The predicted molar refractivity (Wildman–Crippen MR) is 79.8 cm³/mol. The van der Waals surface area contributed by atoms with Crippen LogP contribution < -0.4 is 5.32 Å². The van der Waals surface area contributed by atoms with Crippen LogP contribution >= 0.6 is 0 Å². The molecule has 1 heterocycles. The minimum Gasteiger partial charge on any atom is -0.304 e. The molecule has 0 saturated heterocycles. The summed E-state index contributed by atoms with van der Waals surface area (Å²) in [6, 6.07) is 17.1. The molecule has 0 spiro atoms. The number of nitrogens with zero attached hydrogens (tertiary/aromatic N) is 1. The zero-order chi connectivity index (χ0) is 13.7. The van der Waals surface area contributed by atoms with E-state index >= 15 is 0 Å². The highest BCUT2D eigenvalue weighted by molar-refractivity contribution is 5.20. The van der Waals surface area contributed by atoms with E-state index in [0.29, 0.717) is 12.0 Å². The van der Waals surface area contributed by atoms with Gasteiger partial charge >= 0.3 is 0 Å². The largest absolute Gasteiger partial charge is 0.304 e. The van der Waals surface area contributed by atoms with Gasteiger partial charge in [-0.15, -0.1) is 0 Å². The number of aromatic nitrogens is 1. The maximum atomic E-state index is 4.54. The summed E-state index contributed by atoms with van der Waals surface area (Å²) in [5.41, 5.74) is 3.51. The molecule has 0 aliphatic heterocycles. The summed E-state index contributed by atoms with van der Waals surface area (Å²) >= 11 is 0. The predicted octanol–water partition coefficient (Wildman–Crippen LogP) is 3.88. The average Bonchev–Trinajstić information content (AvgIpc) is 2.40. The van der Waals surface area contributed by atoms with Crippen molar-refractivity contribution < 1.29 is 0 Å². The van der Waals surface area contributed by atoms with Crippen molar-refractivity contribution in [2.45, 2.75) is 33.4 Å². The van der Waals surface area contributed by atoms with Gasteiger partial charge in [0.15, 0.2) is 0 Å². The van der Waals surface area contributed by atoms with Crippen molar-refractivity contribution in [3.8, 4) is 0 Å². The van der Waals surface area contributed by atoms with Crippen LogP contribution in [0.1, 0.15) is 36.8 Å². The topological polar surface area (TPSA) is 24.9 Å². The molecule has 2 nitrogen and oxygen atoms in total. The van der Waals surface area contributed by atoms with Crippen LogP contribution in [0.4, 0.5) is 0 Å². The van der Waals surface area contributed by atoms with Gasteiger partial charge in [-0.3, -0.25) is 4.98 Å². The number of aryl methyl sites for hydroxylation is 1. The Balaban J connectivity index is 2.06. The normalized spacial score (nSPS) is 12.6. The molecule has 0 saturated carbocycles. The summed E-state index contributed by atoms with van der Waals surface area (Å²) in [6.45, 7) is 7.32. The molecule has 1 atom stereocenters. The third-order valence-corrected chi connectivity index (χ3v) is 3.27. The van der Waals surface area contributed by atoms with Crippen LogP contribution in [0, 0.1) is 12.8 Å². The van der Waals surface area contributed by atoms with E-state index in [4.69, 9.17) is 0 Å². The Morgan fingerprint density at radius 2 is 1.74 bits per heavy atom. The Labute approximate surface area is 115 Å². The summed E-state index contributed by atoms with van der Waals surface area (Å²) in [4.78, 5) is 4.54. The van der Waals surface area contributed by atoms with Crippen molar-refractivity contribution in [2.75, 3.05) is 0 Å². The van der Waals surface area contributed by atoms with E-state index < -0.39 is 0 Å². The molecule has 1 N–H and O–H groups in total. The first-order valence-corrected chi connectivity index (χ1v) is 6.87. The number of nitrogens with one attached hydrogen (secondary N) is 1. The fourth-order valence-corrected chi connectivity index (χ4v) is 2.31. The third-order valence-electron chi connectivity index (χ3n) is 3.27. The van der Waals surface area contributed by atoms with Crippen LogP contribution in [0.25, 0.3) is 0 Å². The molecule has 2 heteroatoms. The summed E-state index contributed by atoms with van der Waals surface area (Å²) in [5.74, 6) is 0.548. The molecular formula is C17H22N2. The minimum absolute atomic E-state index is 0.364. The maximum Gasteiger partial charge on any atom is 0.0545 e. The van der Waals surface area contributed by atoms with Crippen molar-refractivity contribution in [1.29, 1.82) is 0 Å². The molecule has 1 aromatic heterocycles. The lowest BCUT2D eigenvalue weighted by Gasteiger charge is -2.23. The van der Waals surface area contributed by atoms with Gasteiger partial charge in [-0.25, -0.2) is 0 Å². The van der Waals surface area contributed by atoms with Gasteiger partial charge < -0.3 is 5.32 Å². The van der Waals surface area contributed by atoms with E-state index in [-0.39, 0.29) is 0 Å². The van der Waals surface area contributed by atoms with E-state index in [1.54, 1.807) is 0 Å². The van der Waals surface area contributed by atoms with Crippen molar-refractivity contribution >= 4 is 0 Å². The minimum atomic E-state index is 0.364. The summed E-state index contributed by atoms with van der Waals surface area (Å²) in [6.07, 6.45) is 0.